The summed E-state index contributed by atoms with van der Waals surface area (Å²) < 4.78 is 24.4. The van der Waals surface area contributed by atoms with E-state index in [4.69, 9.17) is 0 Å². The predicted octanol–water partition coefficient (Wildman–Crippen LogP) is 1.18. The minimum atomic E-state index is -3.18. The molecule has 1 aromatic carbocycles. The van der Waals surface area contributed by atoms with Crippen molar-refractivity contribution in [3.05, 3.63) is 23.8 Å². The SMILES string of the molecule is CS(=O)(=O)N1CCC(C(=O)Nc2ccc3c(c2)CCC(=O)N3)CC1. The zero-order chi connectivity index (χ0) is 17.3. The molecule has 0 atom stereocenters. The maximum atomic E-state index is 12.4. The van der Waals surface area contributed by atoms with E-state index in [1.54, 1.807) is 12.1 Å². The lowest BCUT2D eigenvalue weighted by Crippen LogP contribution is -2.40. The van der Waals surface area contributed by atoms with Crippen molar-refractivity contribution in [3.8, 4) is 0 Å². The first kappa shape index (κ1) is 16.9. The number of carbonyl (C=O) groups excluding carboxylic acids is 2. The van der Waals surface area contributed by atoms with Crippen LogP contribution in [0, 0.1) is 5.92 Å². The second kappa shape index (κ2) is 6.52. The fourth-order valence-corrected chi connectivity index (χ4v) is 4.03. The van der Waals surface area contributed by atoms with Crippen LogP contribution in [-0.4, -0.2) is 43.9 Å². The Hall–Kier alpha value is -1.93. The van der Waals surface area contributed by atoms with Crippen LogP contribution in [0.2, 0.25) is 0 Å². The smallest absolute Gasteiger partial charge is 0.227 e. The Morgan fingerprint density at radius 3 is 2.62 bits per heavy atom. The van der Waals surface area contributed by atoms with Crippen molar-refractivity contribution in [3.63, 3.8) is 0 Å². The molecule has 0 aromatic heterocycles. The summed E-state index contributed by atoms with van der Waals surface area (Å²) in [6.07, 6.45) is 3.37. The molecule has 24 heavy (non-hydrogen) atoms. The highest BCUT2D eigenvalue weighted by Gasteiger charge is 2.29. The van der Waals surface area contributed by atoms with E-state index >= 15 is 0 Å². The number of nitrogens with one attached hydrogen (secondary N) is 2. The maximum Gasteiger partial charge on any atom is 0.227 e. The van der Waals surface area contributed by atoms with Gasteiger partial charge in [-0.3, -0.25) is 9.59 Å². The largest absolute Gasteiger partial charge is 0.326 e. The monoisotopic (exact) mass is 351 g/mol. The minimum absolute atomic E-state index is 0.0110. The Morgan fingerprint density at radius 1 is 1.25 bits per heavy atom. The number of rotatable bonds is 3. The molecule has 2 heterocycles. The van der Waals surface area contributed by atoms with Gasteiger partial charge in [0.05, 0.1) is 6.26 Å². The number of hydrogen-bond acceptors (Lipinski definition) is 4. The number of amides is 2. The predicted molar refractivity (Wildman–Crippen MR) is 91.2 cm³/mol. The molecule has 2 aliphatic heterocycles. The lowest BCUT2D eigenvalue weighted by atomic mass is 9.97. The summed E-state index contributed by atoms with van der Waals surface area (Å²) in [6, 6.07) is 5.46. The van der Waals surface area contributed by atoms with E-state index in [0.717, 1.165) is 11.3 Å². The van der Waals surface area contributed by atoms with E-state index in [9.17, 15) is 18.0 Å². The number of nitrogens with zero attached hydrogens (tertiary/aromatic N) is 1. The van der Waals surface area contributed by atoms with Gasteiger partial charge >= 0.3 is 0 Å². The first-order chi connectivity index (χ1) is 11.3. The van der Waals surface area contributed by atoms with E-state index in [1.165, 1.54) is 10.6 Å². The van der Waals surface area contributed by atoms with Gasteiger partial charge in [-0.1, -0.05) is 0 Å². The number of piperidine rings is 1. The number of benzene rings is 1. The van der Waals surface area contributed by atoms with Crippen molar-refractivity contribution in [2.75, 3.05) is 30.0 Å². The van der Waals surface area contributed by atoms with Crippen LogP contribution < -0.4 is 10.6 Å². The third kappa shape index (κ3) is 3.76. The van der Waals surface area contributed by atoms with Crippen molar-refractivity contribution in [1.82, 2.24) is 4.31 Å². The van der Waals surface area contributed by atoms with Gasteiger partial charge in [0.2, 0.25) is 21.8 Å². The van der Waals surface area contributed by atoms with Gasteiger partial charge in [0.15, 0.2) is 0 Å². The summed E-state index contributed by atoms with van der Waals surface area (Å²) in [5.74, 6) is -0.251. The third-order valence-corrected chi connectivity index (χ3v) is 5.87. The number of hydrogen-bond donors (Lipinski definition) is 2. The second-order valence-corrected chi connectivity index (χ2v) is 8.33. The Kier molecular flexibility index (Phi) is 4.60. The van der Waals surface area contributed by atoms with Crippen molar-refractivity contribution in [1.29, 1.82) is 0 Å². The van der Waals surface area contributed by atoms with Crippen LogP contribution in [0.25, 0.3) is 0 Å². The molecule has 0 radical (unpaired) electrons. The van der Waals surface area contributed by atoms with E-state index in [0.29, 0.717) is 44.5 Å². The van der Waals surface area contributed by atoms with Crippen LogP contribution in [0.15, 0.2) is 18.2 Å². The van der Waals surface area contributed by atoms with Crippen LogP contribution in [0.5, 0.6) is 0 Å². The molecule has 1 fully saturated rings. The fraction of sp³-hybridized carbons (Fsp3) is 0.500. The average molecular weight is 351 g/mol. The summed E-state index contributed by atoms with van der Waals surface area (Å²) in [5, 5.41) is 5.72. The maximum absolute atomic E-state index is 12.4. The van der Waals surface area contributed by atoms with Gasteiger partial charge in [0, 0.05) is 36.8 Å². The lowest BCUT2D eigenvalue weighted by molar-refractivity contribution is -0.121. The first-order valence-corrected chi connectivity index (χ1v) is 9.86. The standard InChI is InChI=1S/C16H21N3O4S/c1-24(22,23)19-8-6-11(7-9-19)16(21)17-13-3-4-14-12(10-13)2-5-15(20)18-14/h3-4,10-11H,2,5-9H2,1H3,(H,17,21)(H,18,20). The van der Waals surface area contributed by atoms with Crippen LogP contribution in [0.1, 0.15) is 24.8 Å². The molecule has 1 aromatic rings. The number of sulfonamides is 1. The van der Waals surface area contributed by atoms with Crippen molar-refractivity contribution in [2.45, 2.75) is 25.7 Å². The molecule has 2 amide bonds. The normalized spacial score (nSPS) is 19.5. The van der Waals surface area contributed by atoms with Crippen molar-refractivity contribution >= 4 is 33.2 Å². The van der Waals surface area contributed by atoms with E-state index < -0.39 is 10.0 Å². The first-order valence-electron chi connectivity index (χ1n) is 8.02. The molecule has 7 nitrogen and oxygen atoms in total. The Morgan fingerprint density at radius 2 is 1.96 bits per heavy atom. The zero-order valence-corrected chi connectivity index (χ0v) is 14.4. The van der Waals surface area contributed by atoms with Crippen LogP contribution >= 0.6 is 0 Å². The van der Waals surface area contributed by atoms with Gasteiger partial charge in [-0.05, 0) is 43.0 Å². The third-order valence-electron chi connectivity index (χ3n) is 4.56. The quantitative estimate of drug-likeness (QED) is 0.855. The highest BCUT2D eigenvalue weighted by Crippen LogP contribution is 2.27. The van der Waals surface area contributed by atoms with Crippen LogP contribution in [-0.2, 0) is 26.0 Å². The Bertz CT molecular complexity index is 768. The van der Waals surface area contributed by atoms with E-state index in [-0.39, 0.29) is 17.7 Å². The van der Waals surface area contributed by atoms with Gasteiger partial charge in [0.25, 0.3) is 0 Å². The molecular formula is C16H21N3O4S. The Balaban J connectivity index is 1.61. The van der Waals surface area contributed by atoms with Gasteiger partial charge in [-0.25, -0.2) is 12.7 Å². The van der Waals surface area contributed by atoms with E-state index in [2.05, 4.69) is 10.6 Å². The van der Waals surface area contributed by atoms with E-state index in [1.807, 2.05) is 6.07 Å². The molecule has 0 spiro atoms. The zero-order valence-electron chi connectivity index (χ0n) is 13.5. The summed E-state index contributed by atoms with van der Waals surface area (Å²) >= 11 is 0. The summed E-state index contributed by atoms with van der Waals surface area (Å²) in [4.78, 5) is 23.8. The van der Waals surface area contributed by atoms with Crippen molar-refractivity contribution in [2.24, 2.45) is 5.92 Å². The Labute approximate surface area is 141 Å². The number of fused-ring (bicyclic) bond motifs is 1. The summed E-state index contributed by atoms with van der Waals surface area (Å²) in [7, 11) is -3.18. The fourth-order valence-electron chi connectivity index (χ4n) is 3.16. The molecule has 8 heteroatoms. The molecule has 130 valence electrons. The van der Waals surface area contributed by atoms with Crippen LogP contribution in [0.3, 0.4) is 0 Å². The molecule has 0 aliphatic carbocycles. The lowest BCUT2D eigenvalue weighted by Gasteiger charge is -2.29. The van der Waals surface area contributed by atoms with Gasteiger partial charge in [-0.2, -0.15) is 0 Å². The molecule has 2 N–H and O–H groups in total. The minimum Gasteiger partial charge on any atom is -0.326 e. The van der Waals surface area contributed by atoms with Gasteiger partial charge in [-0.15, -0.1) is 0 Å². The number of aryl methyl sites for hydroxylation is 1. The summed E-state index contributed by atoms with van der Waals surface area (Å²) in [6.45, 7) is 0.764. The molecule has 3 rings (SSSR count). The molecule has 0 saturated carbocycles. The average Bonchev–Trinajstić information content (AvgIpc) is 2.54. The second-order valence-electron chi connectivity index (χ2n) is 6.35. The van der Waals surface area contributed by atoms with Gasteiger partial charge < -0.3 is 10.6 Å². The number of carbonyl (C=O) groups is 2. The molecular weight excluding hydrogens is 330 g/mol. The summed E-state index contributed by atoms with van der Waals surface area (Å²) in [5.41, 5.74) is 2.52. The van der Waals surface area contributed by atoms with Crippen molar-refractivity contribution < 1.29 is 18.0 Å². The molecule has 0 bridgehead atoms. The van der Waals surface area contributed by atoms with Gasteiger partial charge in [0.1, 0.15) is 0 Å². The molecule has 2 aliphatic rings. The molecule has 0 unspecified atom stereocenters. The highest BCUT2D eigenvalue weighted by atomic mass is 32.2. The number of anilines is 2. The molecule has 1 saturated heterocycles. The van der Waals surface area contributed by atoms with Crippen LogP contribution in [0.4, 0.5) is 11.4 Å². The topological polar surface area (TPSA) is 95.6 Å². The highest BCUT2D eigenvalue weighted by molar-refractivity contribution is 7.88.